The maximum absolute atomic E-state index is 3.93. The number of allylic oxidation sites excluding steroid dienone is 1. The van der Waals surface area contributed by atoms with E-state index in [-0.39, 0.29) is 0 Å². The predicted molar refractivity (Wildman–Crippen MR) is 86.5 cm³/mol. The highest BCUT2D eigenvalue weighted by molar-refractivity contribution is 5.56. The topological polar surface area (TPSA) is 12.0 Å². The second-order valence-electron chi connectivity index (χ2n) is 5.36. The summed E-state index contributed by atoms with van der Waals surface area (Å²) in [7, 11) is 0. The van der Waals surface area contributed by atoms with Gasteiger partial charge in [-0.15, -0.1) is 0 Å². The second kappa shape index (κ2) is 7.18. The van der Waals surface area contributed by atoms with Crippen LogP contribution in [0.25, 0.3) is 6.08 Å². The Bertz CT molecular complexity index is 457. The monoisotopic (exact) mass is 257 g/mol. The zero-order chi connectivity index (χ0) is 14.4. The first-order valence-electron chi connectivity index (χ1n) is 7.15. The molecule has 1 nitrogen and oxygen atoms in total. The normalized spacial score (nSPS) is 12.0. The Hall–Kier alpha value is -1.50. The van der Waals surface area contributed by atoms with Crippen molar-refractivity contribution in [3.05, 3.63) is 53.2 Å². The molecule has 0 saturated heterocycles. The fourth-order valence-electron chi connectivity index (χ4n) is 2.54. The van der Waals surface area contributed by atoms with E-state index >= 15 is 0 Å². The Kier molecular flexibility index (Phi) is 5.88. The van der Waals surface area contributed by atoms with E-state index in [0.717, 1.165) is 18.7 Å². The van der Waals surface area contributed by atoms with Gasteiger partial charge >= 0.3 is 0 Å². The van der Waals surface area contributed by atoms with E-state index < -0.39 is 0 Å². The minimum Gasteiger partial charge on any atom is -0.388 e. The average molecular weight is 257 g/mol. The molecule has 0 amide bonds. The van der Waals surface area contributed by atoms with E-state index in [1.54, 1.807) is 0 Å². The lowest BCUT2D eigenvalue weighted by molar-refractivity contribution is 0.674. The summed E-state index contributed by atoms with van der Waals surface area (Å²) in [5.74, 6) is 0.492. The number of hydrogen-bond acceptors (Lipinski definition) is 1. The maximum atomic E-state index is 3.93. The van der Waals surface area contributed by atoms with Gasteiger partial charge in [0.1, 0.15) is 0 Å². The van der Waals surface area contributed by atoms with Crippen molar-refractivity contribution < 1.29 is 0 Å². The molecular weight excluding hydrogens is 230 g/mol. The molecule has 0 aliphatic heterocycles. The highest BCUT2D eigenvalue weighted by atomic mass is 14.9. The molecule has 104 valence electrons. The first-order chi connectivity index (χ1) is 9.01. The lowest BCUT2D eigenvalue weighted by atomic mass is 9.88. The Balaban J connectivity index is 3.04. The van der Waals surface area contributed by atoms with Crippen LogP contribution in [0.4, 0.5) is 0 Å². The van der Waals surface area contributed by atoms with Crippen LogP contribution in [-0.4, -0.2) is 6.54 Å². The molecule has 0 aliphatic carbocycles. The first-order valence-corrected chi connectivity index (χ1v) is 7.15. The highest BCUT2D eigenvalue weighted by Crippen LogP contribution is 2.26. The van der Waals surface area contributed by atoms with Gasteiger partial charge in [0.25, 0.3) is 0 Å². The molecule has 1 aromatic carbocycles. The molecular formula is C18H27N. The summed E-state index contributed by atoms with van der Waals surface area (Å²) in [6.45, 7) is 17.5. The van der Waals surface area contributed by atoms with Crippen molar-refractivity contribution in [1.29, 1.82) is 0 Å². The predicted octanol–water partition coefficient (Wildman–Crippen LogP) is 4.82. The van der Waals surface area contributed by atoms with Gasteiger partial charge in [0.2, 0.25) is 0 Å². The fraction of sp³-hybridized carbons (Fsp3) is 0.444. The van der Waals surface area contributed by atoms with E-state index in [1.807, 2.05) is 13.0 Å². The van der Waals surface area contributed by atoms with Gasteiger partial charge in [-0.3, -0.25) is 0 Å². The number of rotatable bonds is 7. The molecule has 1 heteroatoms. The van der Waals surface area contributed by atoms with Crippen LogP contribution < -0.4 is 5.32 Å². The van der Waals surface area contributed by atoms with E-state index in [9.17, 15) is 0 Å². The SMILES string of the molecule is C=Cc1ccc(C(C)CNC(=C)C)c(C)c1CCC. The Morgan fingerprint density at radius 3 is 2.63 bits per heavy atom. The van der Waals surface area contributed by atoms with Crippen molar-refractivity contribution in [2.75, 3.05) is 6.54 Å². The molecule has 0 saturated carbocycles. The second-order valence-corrected chi connectivity index (χ2v) is 5.36. The van der Waals surface area contributed by atoms with Crippen LogP contribution in [0.2, 0.25) is 0 Å². The molecule has 1 aromatic rings. The molecule has 1 rings (SSSR count). The van der Waals surface area contributed by atoms with Gasteiger partial charge in [-0.1, -0.05) is 51.6 Å². The lowest BCUT2D eigenvalue weighted by Crippen LogP contribution is -2.18. The van der Waals surface area contributed by atoms with E-state index in [2.05, 4.69) is 51.4 Å². The third kappa shape index (κ3) is 3.99. The molecule has 1 N–H and O–H groups in total. The first kappa shape index (κ1) is 15.6. The van der Waals surface area contributed by atoms with Crippen LogP contribution >= 0.6 is 0 Å². The fourth-order valence-corrected chi connectivity index (χ4v) is 2.54. The van der Waals surface area contributed by atoms with Crippen molar-refractivity contribution in [2.45, 2.75) is 46.5 Å². The summed E-state index contributed by atoms with van der Waals surface area (Å²) in [6.07, 6.45) is 4.27. The Morgan fingerprint density at radius 1 is 1.42 bits per heavy atom. The summed E-state index contributed by atoms with van der Waals surface area (Å²) in [5.41, 5.74) is 6.62. The van der Waals surface area contributed by atoms with Gasteiger partial charge in [-0.05, 0) is 48.4 Å². The lowest BCUT2D eigenvalue weighted by Gasteiger charge is -2.20. The minimum absolute atomic E-state index is 0.492. The summed E-state index contributed by atoms with van der Waals surface area (Å²) >= 11 is 0. The average Bonchev–Trinajstić information content (AvgIpc) is 2.38. The summed E-state index contributed by atoms with van der Waals surface area (Å²) < 4.78 is 0. The quantitative estimate of drug-likeness (QED) is 0.738. The largest absolute Gasteiger partial charge is 0.388 e. The van der Waals surface area contributed by atoms with E-state index in [0.29, 0.717) is 5.92 Å². The molecule has 0 aromatic heterocycles. The van der Waals surface area contributed by atoms with Crippen molar-refractivity contribution >= 4 is 6.08 Å². The smallest absolute Gasteiger partial charge is 0.0210 e. The molecule has 0 heterocycles. The van der Waals surface area contributed by atoms with Gasteiger partial charge in [-0.2, -0.15) is 0 Å². The van der Waals surface area contributed by atoms with Crippen LogP contribution in [0.1, 0.15) is 55.4 Å². The van der Waals surface area contributed by atoms with Crippen molar-refractivity contribution in [1.82, 2.24) is 5.32 Å². The number of nitrogens with one attached hydrogen (secondary N) is 1. The van der Waals surface area contributed by atoms with Crippen LogP contribution in [-0.2, 0) is 6.42 Å². The molecule has 0 radical (unpaired) electrons. The highest BCUT2D eigenvalue weighted by Gasteiger charge is 2.12. The van der Waals surface area contributed by atoms with Gasteiger partial charge < -0.3 is 5.32 Å². The number of benzene rings is 1. The standard InChI is InChI=1S/C18H27N/c1-7-9-18-15(6)17(11-10-16(18)8-2)14(5)12-19-13(3)4/h8,10-11,14,19H,2-3,7,9,12H2,1,4-6H3. The molecule has 0 spiro atoms. The van der Waals surface area contributed by atoms with Crippen LogP contribution in [0.3, 0.4) is 0 Å². The molecule has 19 heavy (non-hydrogen) atoms. The molecule has 1 unspecified atom stereocenters. The third-order valence-electron chi connectivity index (χ3n) is 3.64. The van der Waals surface area contributed by atoms with Gasteiger partial charge in [0.05, 0.1) is 0 Å². The van der Waals surface area contributed by atoms with Gasteiger partial charge in [-0.25, -0.2) is 0 Å². The molecule has 0 fully saturated rings. The van der Waals surface area contributed by atoms with E-state index in [4.69, 9.17) is 0 Å². The molecule has 1 atom stereocenters. The van der Waals surface area contributed by atoms with Gasteiger partial charge in [0, 0.05) is 12.2 Å². The van der Waals surface area contributed by atoms with Crippen LogP contribution in [0, 0.1) is 6.92 Å². The van der Waals surface area contributed by atoms with Crippen molar-refractivity contribution in [3.8, 4) is 0 Å². The summed E-state index contributed by atoms with van der Waals surface area (Å²) in [5, 5.41) is 3.34. The van der Waals surface area contributed by atoms with Crippen LogP contribution in [0.15, 0.2) is 31.0 Å². The van der Waals surface area contributed by atoms with Gasteiger partial charge in [0.15, 0.2) is 0 Å². The van der Waals surface area contributed by atoms with Crippen molar-refractivity contribution in [3.63, 3.8) is 0 Å². The minimum atomic E-state index is 0.492. The molecule has 0 aliphatic rings. The molecule has 0 bridgehead atoms. The zero-order valence-corrected chi connectivity index (χ0v) is 12.8. The summed E-state index contributed by atoms with van der Waals surface area (Å²) in [4.78, 5) is 0. The maximum Gasteiger partial charge on any atom is 0.0210 e. The number of hydrogen-bond donors (Lipinski definition) is 1. The van der Waals surface area contributed by atoms with Crippen LogP contribution in [0.5, 0.6) is 0 Å². The Labute approximate surface area is 118 Å². The zero-order valence-electron chi connectivity index (χ0n) is 12.8. The summed E-state index contributed by atoms with van der Waals surface area (Å²) in [6, 6.07) is 4.45. The Morgan fingerprint density at radius 2 is 2.11 bits per heavy atom. The van der Waals surface area contributed by atoms with E-state index in [1.165, 1.54) is 28.7 Å². The third-order valence-corrected chi connectivity index (χ3v) is 3.64. The van der Waals surface area contributed by atoms with Crippen molar-refractivity contribution in [2.24, 2.45) is 0 Å².